The highest BCUT2D eigenvalue weighted by Gasteiger charge is 2.28. The number of likely N-dealkylation sites (N-methyl/N-ethyl adjacent to an activating group) is 1. The van der Waals surface area contributed by atoms with E-state index in [1.807, 2.05) is 0 Å². The Hall–Kier alpha value is -3.37. The Balaban J connectivity index is 1.57. The van der Waals surface area contributed by atoms with Crippen LogP contribution in [-0.2, 0) is 0 Å². The van der Waals surface area contributed by atoms with Crippen molar-refractivity contribution in [3.8, 4) is 17.0 Å². The lowest BCUT2D eigenvalue weighted by Crippen LogP contribution is -2.32. The number of hydrogen-bond donors (Lipinski definition) is 1. The smallest absolute Gasteiger partial charge is 0.420 e. The predicted octanol–water partition coefficient (Wildman–Crippen LogP) is 4.10. The highest BCUT2D eigenvalue weighted by molar-refractivity contribution is 6.20. The SMILES string of the molecule is CN(C)[C@H]1CCN(c2ncc(C(=O)Nc3ccc(OC(F)(F)Cl)cc3)cc2-c2cnccn2)C1. The molecule has 0 bridgehead atoms. The lowest BCUT2D eigenvalue weighted by Gasteiger charge is -2.23. The number of halogens is 3. The number of hydrogen-bond acceptors (Lipinski definition) is 7. The van der Waals surface area contributed by atoms with Crippen LogP contribution >= 0.6 is 11.6 Å². The van der Waals surface area contributed by atoms with Gasteiger partial charge in [-0.05, 0) is 50.8 Å². The molecule has 3 heterocycles. The number of pyridine rings is 1. The fourth-order valence-electron chi connectivity index (χ4n) is 3.76. The fraction of sp³-hybridized carbons (Fsp3) is 0.304. The minimum absolute atomic E-state index is 0.129. The van der Waals surface area contributed by atoms with Gasteiger partial charge in [-0.15, -0.1) is 8.78 Å². The number of nitrogens with zero attached hydrogens (tertiary/aromatic N) is 5. The molecule has 178 valence electrons. The molecule has 34 heavy (non-hydrogen) atoms. The third-order valence-corrected chi connectivity index (χ3v) is 5.58. The summed E-state index contributed by atoms with van der Waals surface area (Å²) in [6, 6.07) is 7.58. The second kappa shape index (κ2) is 9.86. The van der Waals surface area contributed by atoms with Crippen LogP contribution in [0.4, 0.5) is 20.3 Å². The van der Waals surface area contributed by atoms with Crippen LogP contribution in [0, 0.1) is 0 Å². The van der Waals surface area contributed by atoms with Crippen molar-refractivity contribution in [1.29, 1.82) is 0 Å². The zero-order valence-corrected chi connectivity index (χ0v) is 19.3. The van der Waals surface area contributed by atoms with Crippen LogP contribution in [0.15, 0.2) is 55.1 Å². The van der Waals surface area contributed by atoms with Crippen LogP contribution in [0.5, 0.6) is 5.75 Å². The minimum Gasteiger partial charge on any atom is -0.420 e. The fourth-order valence-corrected chi connectivity index (χ4v) is 3.85. The molecule has 1 aliphatic rings. The van der Waals surface area contributed by atoms with Crippen molar-refractivity contribution in [1.82, 2.24) is 19.9 Å². The summed E-state index contributed by atoms with van der Waals surface area (Å²) in [6.45, 7) is 1.65. The summed E-state index contributed by atoms with van der Waals surface area (Å²) in [6.07, 6.45) is 7.32. The molecule has 1 N–H and O–H groups in total. The van der Waals surface area contributed by atoms with Crippen LogP contribution < -0.4 is 15.0 Å². The first-order valence-electron chi connectivity index (χ1n) is 10.5. The van der Waals surface area contributed by atoms with E-state index in [-0.39, 0.29) is 5.75 Å². The number of benzene rings is 1. The van der Waals surface area contributed by atoms with Crippen molar-refractivity contribution in [3.05, 3.63) is 60.7 Å². The van der Waals surface area contributed by atoms with Gasteiger partial charge in [-0.3, -0.25) is 14.8 Å². The molecule has 2 aromatic heterocycles. The number of anilines is 2. The van der Waals surface area contributed by atoms with Crippen molar-refractivity contribution < 1.29 is 18.3 Å². The summed E-state index contributed by atoms with van der Waals surface area (Å²) in [7, 11) is 4.11. The Bertz CT molecular complexity index is 1140. The second-order valence-corrected chi connectivity index (χ2v) is 8.50. The van der Waals surface area contributed by atoms with Crippen molar-refractivity contribution >= 4 is 29.0 Å². The van der Waals surface area contributed by atoms with Gasteiger partial charge in [0.2, 0.25) is 0 Å². The number of carbonyl (C=O) groups excluding carboxylic acids is 1. The molecule has 1 amide bonds. The second-order valence-electron chi connectivity index (χ2n) is 8.06. The molecule has 1 aliphatic heterocycles. The van der Waals surface area contributed by atoms with E-state index in [0.29, 0.717) is 28.6 Å². The average molecular weight is 489 g/mol. The summed E-state index contributed by atoms with van der Waals surface area (Å²) in [5.41, 5.74) is -1.78. The summed E-state index contributed by atoms with van der Waals surface area (Å²) in [5.74, 6) is 0.202. The third kappa shape index (κ3) is 5.75. The van der Waals surface area contributed by atoms with E-state index in [9.17, 15) is 13.6 Å². The molecule has 0 radical (unpaired) electrons. The molecule has 0 saturated carbocycles. The molecule has 3 aromatic rings. The normalized spacial score (nSPS) is 16.1. The van der Waals surface area contributed by atoms with Gasteiger partial charge in [-0.25, -0.2) is 4.98 Å². The van der Waals surface area contributed by atoms with Crippen LogP contribution in [-0.4, -0.2) is 64.6 Å². The summed E-state index contributed by atoms with van der Waals surface area (Å²) < 4.78 is 29.8. The average Bonchev–Trinajstić information content (AvgIpc) is 3.30. The molecule has 1 fully saturated rings. The largest absolute Gasteiger partial charge is 0.487 e. The van der Waals surface area contributed by atoms with Crippen LogP contribution in [0.1, 0.15) is 16.8 Å². The molecule has 1 saturated heterocycles. The van der Waals surface area contributed by atoms with Crippen LogP contribution in [0.3, 0.4) is 0 Å². The summed E-state index contributed by atoms with van der Waals surface area (Å²) >= 11 is 4.77. The Morgan fingerprint density at radius 1 is 1.21 bits per heavy atom. The van der Waals surface area contributed by atoms with Gasteiger partial charge in [-0.2, -0.15) is 0 Å². The Kier molecular flexibility index (Phi) is 6.90. The molecule has 0 aliphatic carbocycles. The lowest BCUT2D eigenvalue weighted by atomic mass is 10.1. The number of nitrogens with one attached hydrogen (secondary N) is 1. The van der Waals surface area contributed by atoms with Gasteiger partial charge < -0.3 is 19.9 Å². The predicted molar refractivity (Wildman–Crippen MR) is 125 cm³/mol. The van der Waals surface area contributed by atoms with Gasteiger partial charge in [0.1, 0.15) is 11.6 Å². The molecule has 1 atom stereocenters. The first-order valence-corrected chi connectivity index (χ1v) is 10.9. The first-order chi connectivity index (χ1) is 16.2. The van der Waals surface area contributed by atoms with Gasteiger partial charge in [0.25, 0.3) is 5.91 Å². The highest BCUT2D eigenvalue weighted by atomic mass is 35.5. The Morgan fingerprint density at radius 3 is 2.59 bits per heavy atom. The molecule has 0 unspecified atom stereocenters. The zero-order chi connectivity index (χ0) is 24.3. The zero-order valence-electron chi connectivity index (χ0n) is 18.6. The molecule has 8 nitrogen and oxygen atoms in total. The van der Waals surface area contributed by atoms with Crippen molar-refractivity contribution in [2.45, 2.75) is 18.0 Å². The van der Waals surface area contributed by atoms with Crippen LogP contribution in [0.25, 0.3) is 11.3 Å². The Morgan fingerprint density at radius 2 is 1.97 bits per heavy atom. The van der Waals surface area contributed by atoms with Crippen LogP contribution in [0.2, 0.25) is 0 Å². The van der Waals surface area contributed by atoms with E-state index in [1.54, 1.807) is 24.7 Å². The van der Waals surface area contributed by atoms with Gasteiger partial charge in [0.05, 0.1) is 17.5 Å². The number of alkyl halides is 3. The van der Waals surface area contributed by atoms with E-state index >= 15 is 0 Å². The molecular formula is C23H23ClF2N6O2. The monoisotopic (exact) mass is 488 g/mol. The molecular weight excluding hydrogens is 466 g/mol. The van der Waals surface area contributed by atoms with Gasteiger partial charge in [0, 0.05) is 60.6 Å². The van der Waals surface area contributed by atoms with Crippen molar-refractivity contribution in [3.63, 3.8) is 0 Å². The maximum atomic E-state index is 12.9. The molecule has 4 rings (SSSR count). The van der Waals surface area contributed by atoms with Gasteiger partial charge in [0.15, 0.2) is 0 Å². The summed E-state index contributed by atoms with van der Waals surface area (Å²) in [4.78, 5) is 30.4. The molecule has 1 aromatic carbocycles. The van der Waals surface area contributed by atoms with Gasteiger partial charge >= 0.3 is 5.57 Å². The summed E-state index contributed by atoms with van der Waals surface area (Å²) in [5, 5.41) is 2.73. The van der Waals surface area contributed by atoms with E-state index in [0.717, 1.165) is 25.3 Å². The topological polar surface area (TPSA) is 83.5 Å². The van der Waals surface area contributed by atoms with E-state index in [4.69, 9.17) is 11.6 Å². The number of amides is 1. The first kappa shape index (κ1) is 23.8. The third-order valence-electron chi connectivity index (χ3n) is 5.51. The standard InChI is InChI=1S/C23H23ClF2N6O2/c1-31(2)17-7-10-32(14-17)21-19(20-13-27-8-9-28-20)11-15(12-29-21)22(33)30-16-3-5-18(6-4-16)34-23(24,25)26/h3-6,8-9,11-13,17H,7,10,14H2,1-2H3,(H,30,33)/t17-/m0/s1. The maximum absolute atomic E-state index is 12.9. The molecule has 0 spiro atoms. The quantitative estimate of drug-likeness (QED) is 0.501. The maximum Gasteiger partial charge on any atom is 0.487 e. The van der Waals surface area contributed by atoms with E-state index in [2.05, 4.69) is 48.9 Å². The van der Waals surface area contributed by atoms with E-state index < -0.39 is 11.5 Å². The molecule has 11 heteroatoms. The minimum atomic E-state index is -3.81. The lowest BCUT2D eigenvalue weighted by molar-refractivity contribution is -0.0964. The van der Waals surface area contributed by atoms with Crippen molar-refractivity contribution in [2.75, 3.05) is 37.4 Å². The number of rotatable bonds is 7. The van der Waals surface area contributed by atoms with Gasteiger partial charge in [-0.1, -0.05) is 0 Å². The number of aromatic nitrogens is 3. The number of ether oxygens (including phenoxy) is 1. The van der Waals surface area contributed by atoms with E-state index in [1.165, 1.54) is 30.5 Å². The van der Waals surface area contributed by atoms with Crippen molar-refractivity contribution in [2.24, 2.45) is 0 Å². The Labute approximate surface area is 200 Å². The number of carbonyl (C=O) groups is 1. The highest BCUT2D eigenvalue weighted by Crippen LogP contribution is 2.31.